The van der Waals surface area contributed by atoms with Crippen molar-refractivity contribution in [3.05, 3.63) is 87.4 Å². The van der Waals surface area contributed by atoms with Crippen molar-refractivity contribution in [2.75, 3.05) is 13.2 Å². The topological polar surface area (TPSA) is 98.8 Å². The highest BCUT2D eigenvalue weighted by Crippen LogP contribution is 2.29. The molecule has 0 spiro atoms. The number of ether oxygens (including phenoxy) is 2. The summed E-state index contributed by atoms with van der Waals surface area (Å²) >= 11 is 9.27. The van der Waals surface area contributed by atoms with Crippen LogP contribution in [0.2, 0.25) is 5.02 Å². The molecule has 0 bridgehead atoms. The highest BCUT2D eigenvalue weighted by Gasteiger charge is 2.18. The van der Waals surface area contributed by atoms with Gasteiger partial charge in [-0.1, -0.05) is 98.1 Å². The van der Waals surface area contributed by atoms with E-state index in [9.17, 15) is 13.5 Å². The van der Waals surface area contributed by atoms with Crippen molar-refractivity contribution in [1.82, 2.24) is 0 Å². The number of aliphatic hydroxyl groups excluding tert-OH is 1. The summed E-state index contributed by atoms with van der Waals surface area (Å²) in [5.41, 5.74) is 1.01. The molecule has 0 amide bonds. The van der Waals surface area contributed by atoms with Gasteiger partial charge in [-0.3, -0.25) is 0 Å². The SMILES string of the molecule is CCCCCCOc1ccc(Br)cc1.CCCCCCOc1ccc(C(O)c2ccc(Cl)c(S(N)(=O)=O)c2)cc1. The molecule has 0 aliphatic rings. The summed E-state index contributed by atoms with van der Waals surface area (Å²) in [6, 6.07) is 19.3. The second kappa shape index (κ2) is 18.4. The molecule has 220 valence electrons. The summed E-state index contributed by atoms with van der Waals surface area (Å²) in [5, 5.41) is 15.7. The molecule has 1 atom stereocenters. The van der Waals surface area contributed by atoms with Crippen LogP contribution in [0.25, 0.3) is 0 Å². The van der Waals surface area contributed by atoms with Gasteiger partial charge in [-0.05, 0) is 72.5 Å². The van der Waals surface area contributed by atoms with Crippen molar-refractivity contribution in [1.29, 1.82) is 0 Å². The van der Waals surface area contributed by atoms with Crippen LogP contribution in [0.5, 0.6) is 11.5 Å². The molecule has 3 N–H and O–H groups in total. The Bertz CT molecular complexity index is 1240. The van der Waals surface area contributed by atoms with Crippen molar-refractivity contribution in [2.45, 2.75) is 76.2 Å². The Morgan fingerprint density at radius 2 is 1.25 bits per heavy atom. The van der Waals surface area contributed by atoms with Gasteiger partial charge in [0, 0.05) is 4.47 Å². The minimum absolute atomic E-state index is 0.0234. The van der Waals surface area contributed by atoms with Crippen LogP contribution in [-0.2, 0) is 10.0 Å². The van der Waals surface area contributed by atoms with E-state index in [4.69, 9.17) is 26.2 Å². The fraction of sp³-hybridized carbons (Fsp3) is 0.419. The Balaban J connectivity index is 0.000000337. The van der Waals surface area contributed by atoms with Gasteiger partial charge in [-0.2, -0.15) is 0 Å². The van der Waals surface area contributed by atoms with E-state index in [0.717, 1.165) is 41.8 Å². The molecule has 0 heterocycles. The lowest BCUT2D eigenvalue weighted by atomic mass is 10.0. The Morgan fingerprint density at radius 1 is 0.775 bits per heavy atom. The highest BCUT2D eigenvalue weighted by molar-refractivity contribution is 9.10. The molecule has 0 saturated heterocycles. The predicted octanol–water partition coefficient (Wildman–Crippen LogP) is 8.44. The number of nitrogens with two attached hydrogens (primary N) is 1. The maximum Gasteiger partial charge on any atom is 0.239 e. The molecule has 1 unspecified atom stereocenters. The monoisotopic (exact) mass is 653 g/mol. The smallest absolute Gasteiger partial charge is 0.239 e. The van der Waals surface area contributed by atoms with Gasteiger partial charge in [0.25, 0.3) is 0 Å². The molecule has 0 fully saturated rings. The first-order valence-corrected chi connectivity index (χ1v) is 16.5. The van der Waals surface area contributed by atoms with Crippen LogP contribution in [0.3, 0.4) is 0 Å². The second-order valence-corrected chi connectivity index (χ2v) is 12.3. The van der Waals surface area contributed by atoms with Crippen LogP contribution in [0.4, 0.5) is 0 Å². The summed E-state index contributed by atoms with van der Waals surface area (Å²) in [4.78, 5) is -0.206. The van der Waals surface area contributed by atoms with E-state index in [-0.39, 0.29) is 9.92 Å². The summed E-state index contributed by atoms with van der Waals surface area (Å²) < 4.78 is 35.5. The maximum atomic E-state index is 11.6. The molecule has 40 heavy (non-hydrogen) atoms. The van der Waals surface area contributed by atoms with E-state index >= 15 is 0 Å². The third-order valence-corrected chi connectivity index (χ3v) is 8.04. The molecule has 0 saturated carbocycles. The number of benzene rings is 3. The molecule has 6 nitrogen and oxygen atoms in total. The predicted molar refractivity (Wildman–Crippen MR) is 167 cm³/mol. The molecular weight excluding hydrogens is 614 g/mol. The molecular formula is C31H41BrClNO5S. The van der Waals surface area contributed by atoms with Gasteiger partial charge in [0.15, 0.2) is 0 Å². The van der Waals surface area contributed by atoms with Crippen molar-refractivity contribution in [3.8, 4) is 11.5 Å². The zero-order valence-electron chi connectivity index (χ0n) is 23.3. The number of hydrogen-bond acceptors (Lipinski definition) is 5. The molecule has 3 aromatic rings. The second-order valence-electron chi connectivity index (χ2n) is 9.48. The van der Waals surface area contributed by atoms with Crippen LogP contribution in [-0.4, -0.2) is 26.7 Å². The molecule has 3 aromatic carbocycles. The minimum Gasteiger partial charge on any atom is -0.494 e. The summed E-state index contributed by atoms with van der Waals surface area (Å²) in [6.07, 6.45) is 8.57. The Labute approximate surface area is 253 Å². The average molecular weight is 655 g/mol. The molecule has 0 aliphatic carbocycles. The number of primary sulfonamides is 1. The largest absolute Gasteiger partial charge is 0.494 e. The van der Waals surface area contributed by atoms with Crippen LogP contribution in [0.1, 0.15) is 82.4 Å². The number of rotatable bonds is 15. The molecule has 0 radical (unpaired) electrons. The van der Waals surface area contributed by atoms with E-state index < -0.39 is 16.1 Å². The fourth-order valence-electron chi connectivity index (χ4n) is 3.82. The van der Waals surface area contributed by atoms with Gasteiger partial charge >= 0.3 is 0 Å². The Hall–Kier alpha value is -2.10. The number of unbranched alkanes of at least 4 members (excludes halogenated alkanes) is 6. The summed E-state index contributed by atoms with van der Waals surface area (Å²) in [5.74, 6) is 1.70. The maximum absolute atomic E-state index is 11.6. The molecule has 0 aromatic heterocycles. The van der Waals surface area contributed by atoms with Crippen molar-refractivity contribution >= 4 is 37.6 Å². The number of halogens is 2. The zero-order chi connectivity index (χ0) is 29.4. The van der Waals surface area contributed by atoms with Gasteiger partial charge in [-0.25, -0.2) is 13.6 Å². The van der Waals surface area contributed by atoms with Crippen molar-refractivity contribution in [3.63, 3.8) is 0 Å². The van der Waals surface area contributed by atoms with E-state index in [1.807, 2.05) is 24.3 Å². The van der Waals surface area contributed by atoms with Gasteiger partial charge in [0.05, 0.1) is 18.2 Å². The van der Waals surface area contributed by atoms with Gasteiger partial charge < -0.3 is 14.6 Å². The van der Waals surface area contributed by atoms with Crippen molar-refractivity contribution < 1.29 is 23.0 Å². The quantitative estimate of drug-likeness (QED) is 0.160. The zero-order valence-corrected chi connectivity index (χ0v) is 26.5. The molecule has 3 rings (SSSR count). The Kier molecular flexibility index (Phi) is 15.6. The lowest BCUT2D eigenvalue weighted by molar-refractivity contribution is 0.220. The highest BCUT2D eigenvalue weighted by atomic mass is 79.9. The molecule has 9 heteroatoms. The van der Waals surface area contributed by atoms with Gasteiger partial charge in [0.1, 0.15) is 22.5 Å². The third-order valence-electron chi connectivity index (χ3n) is 6.12. The average Bonchev–Trinajstić information content (AvgIpc) is 2.94. The third kappa shape index (κ3) is 12.6. The lowest BCUT2D eigenvalue weighted by Gasteiger charge is -2.14. The van der Waals surface area contributed by atoms with Crippen molar-refractivity contribution in [2.24, 2.45) is 5.14 Å². The standard InChI is InChI=1S/C19H24ClNO4S.C12H17BrO/c1-2-3-4-5-12-25-16-9-6-14(7-10-16)19(22)15-8-11-17(20)18(13-15)26(21,23)24;1-2-3-4-5-10-14-12-8-6-11(13)7-9-12/h6-11,13,19,22H,2-5,12H2,1H3,(H2,21,23,24);6-9H,2-5,10H2,1H3. The fourth-order valence-corrected chi connectivity index (χ4v) is 5.16. The first-order valence-electron chi connectivity index (χ1n) is 13.8. The number of aliphatic hydroxyl groups is 1. The summed E-state index contributed by atoms with van der Waals surface area (Å²) in [6.45, 7) is 5.88. The first-order chi connectivity index (χ1) is 19.2. The minimum atomic E-state index is -3.96. The van der Waals surface area contributed by atoms with E-state index in [1.54, 1.807) is 30.3 Å². The lowest BCUT2D eigenvalue weighted by Crippen LogP contribution is -2.13. The van der Waals surface area contributed by atoms with Gasteiger partial charge in [0.2, 0.25) is 10.0 Å². The van der Waals surface area contributed by atoms with E-state index in [1.165, 1.54) is 44.2 Å². The number of hydrogen-bond donors (Lipinski definition) is 2. The van der Waals surface area contributed by atoms with E-state index in [0.29, 0.717) is 17.7 Å². The van der Waals surface area contributed by atoms with Crippen LogP contribution < -0.4 is 14.6 Å². The normalized spacial score (nSPS) is 11.8. The van der Waals surface area contributed by atoms with Crippen LogP contribution in [0, 0.1) is 0 Å². The van der Waals surface area contributed by atoms with Crippen LogP contribution >= 0.6 is 27.5 Å². The Morgan fingerprint density at radius 3 is 1.73 bits per heavy atom. The van der Waals surface area contributed by atoms with E-state index in [2.05, 4.69) is 29.8 Å². The number of sulfonamides is 1. The van der Waals surface area contributed by atoms with Gasteiger partial charge in [-0.15, -0.1) is 0 Å². The van der Waals surface area contributed by atoms with Crippen LogP contribution in [0.15, 0.2) is 76.1 Å². The first kappa shape index (κ1) is 34.1. The summed E-state index contributed by atoms with van der Waals surface area (Å²) in [7, 11) is -3.96. The molecule has 0 aliphatic heterocycles.